The van der Waals surface area contributed by atoms with Crippen LogP contribution < -0.4 is 0 Å². The Labute approximate surface area is 93.8 Å². The van der Waals surface area contributed by atoms with E-state index in [1.54, 1.807) is 6.08 Å². The second-order valence-electron chi connectivity index (χ2n) is 2.86. The lowest BCUT2D eigenvalue weighted by Gasteiger charge is -2.01. The summed E-state index contributed by atoms with van der Waals surface area (Å²) in [5.41, 5.74) is 2.38. The second kappa shape index (κ2) is 5.61. The molecule has 0 aliphatic heterocycles. The van der Waals surface area contributed by atoms with E-state index >= 15 is 0 Å². The Morgan fingerprint density at radius 3 is 2.43 bits per heavy atom. The van der Waals surface area contributed by atoms with Crippen molar-refractivity contribution in [3.05, 3.63) is 65.2 Å². The zero-order valence-electron chi connectivity index (χ0n) is 8.20. The number of halogens is 1. The van der Waals surface area contributed by atoms with Crippen molar-refractivity contribution in [2.24, 2.45) is 0 Å². The fraction of sp³-hybridized carbons (Fsp3) is 0.0769. The third kappa shape index (κ3) is 3.00. The highest BCUT2D eigenvalue weighted by atomic mass is 79.9. The molecule has 1 heteroatoms. The molecule has 72 valence electrons. The molecule has 0 fully saturated rings. The van der Waals surface area contributed by atoms with E-state index in [0.29, 0.717) is 0 Å². The largest absolute Gasteiger partial charge is 0.0990 e. The quantitative estimate of drug-likeness (QED) is 0.687. The molecular weight excluding hydrogens is 236 g/mol. The maximum atomic E-state index is 3.71. The van der Waals surface area contributed by atoms with Gasteiger partial charge in [-0.05, 0) is 30.2 Å². The van der Waals surface area contributed by atoms with Gasteiger partial charge in [-0.2, -0.15) is 0 Å². The van der Waals surface area contributed by atoms with Crippen molar-refractivity contribution in [2.75, 3.05) is 0 Å². The smallest absolute Gasteiger partial charge is 0.0175 e. The zero-order chi connectivity index (χ0) is 10.4. The van der Waals surface area contributed by atoms with Gasteiger partial charge in [-0.3, -0.25) is 0 Å². The molecule has 1 aromatic carbocycles. The van der Waals surface area contributed by atoms with Crippen LogP contribution >= 0.6 is 15.9 Å². The van der Waals surface area contributed by atoms with Gasteiger partial charge in [-0.25, -0.2) is 0 Å². The molecule has 0 bridgehead atoms. The Kier molecular flexibility index (Phi) is 4.41. The molecule has 0 spiro atoms. The molecule has 14 heavy (non-hydrogen) atoms. The first kappa shape index (κ1) is 11.0. The minimum atomic E-state index is 1.10. The van der Waals surface area contributed by atoms with Crippen molar-refractivity contribution >= 4 is 21.5 Å². The van der Waals surface area contributed by atoms with Crippen LogP contribution in [0.2, 0.25) is 0 Å². The maximum Gasteiger partial charge on any atom is 0.0175 e. The first-order valence-corrected chi connectivity index (χ1v) is 5.28. The van der Waals surface area contributed by atoms with Crippen LogP contribution in [0.5, 0.6) is 0 Å². The average molecular weight is 249 g/mol. The lowest BCUT2D eigenvalue weighted by Crippen LogP contribution is -1.79. The molecule has 0 atom stereocenters. The summed E-state index contributed by atoms with van der Waals surface area (Å²) < 4.78 is 1.10. The van der Waals surface area contributed by atoms with Crippen LogP contribution in [0.4, 0.5) is 0 Å². The molecule has 0 saturated heterocycles. The molecule has 0 unspecified atom stereocenters. The van der Waals surface area contributed by atoms with Gasteiger partial charge in [0, 0.05) is 4.47 Å². The van der Waals surface area contributed by atoms with Crippen molar-refractivity contribution in [3.63, 3.8) is 0 Å². The van der Waals surface area contributed by atoms with Crippen LogP contribution in [-0.4, -0.2) is 0 Å². The van der Waals surface area contributed by atoms with E-state index in [0.717, 1.165) is 4.47 Å². The highest BCUT2D eigenvalue weighted by Gasteiger charge is 1.95. The van der Waals surface area contributed by atoms with E-state index in [4.69, 9.17) is 0 Å². The standard InChI is InChI=1S/C13H13Br/c1-3-5-11(6-4-2)12-7-9-13(14)10-8-12/h3-10H,1H2,2H3/b6-4-,11-5+. The Bertz CT molecular complexity index is 355. The van der Waals surface area contributed by atoms with Gasteiger partial charge in [0.15, 0.2) is 0 Å². The predicted molar refractivity (Wildman–Crippen MR) is 67.1 cm³/mol. The lowest BCUT2D eigenvalue weighted by molar-refractivity contribution is 1.57. The number of hydrogen-bond donors (Lipinski definition) is 0. The highest BCUT2D eigenvalue weighted by molar-refractivity contribution is 9.10. The summed E-state index contributed by atoms with van der Waals surface area (Å²) in [7, 11) is 0. The zero-order valence-corrected chi connectivity index (χ0v) is 9.79. The molecule has 1 rings (SSSR count). The van der Waals surface area contributed by atoms with Gasteiger partial charge in [-0.15, -0.1) is 0 Å². The lowest BCUT2D eigenvalue weighted by atomic mass is 10.1. The Morgan fingerprint density at radius 1 is 1.29 bits per heavy atom. The van der Waals surface area contributed by atoms with Gasteiger partial charge in [0.05, 0.1) is 0 Å². The fourth-order valence-electron chi connectivity index (χ4n) is 1.20. The predicted octanol–water partition coefficient (Wildman–Crippen LogP) is 4.59. The Hall–Kier alpha value is -1.08. The summed E-state index contributed by atoms with van der Waals surface area (Å²) in [4.78, 5) is 0. The van der Waals surface area contributed by atoms with E-state index in [1.165, 1.54) is 11.1 Å². The molecule has 0 aliphatic carbocycles. The second-order valence-corrected chi connectivity index (χ2v) is 3.78. The molecule has 0 heterocycles. The summed E-state index contributed by atoms with van der Waals surface area (Å²) in [5, 5.41) is 0. The first-order chi connectivity index (χ1) is 6.77. The van der Waals surface area contributed by atoms with E-state index < -0.39 is 0 Å². The monoisotopic (exact) mass is 248 g/mol. The van der Waals surface area contributed by atoms with Crippen molar-refractivity contribution in [1.29, 1.82) is 0 Å². The minimum Gasteiger partial charge on any atom is -0.0990 e. The van der Waals surface area contributed by atoms with Crippen molar-refractivity contribution < 1.29 is 0 Å². The molecule has 0 aromatic heterocycles. The van der Waals surface area contributed by atoms with Crippen LogP contribution in [0.15, 0.2) is 59.6 Å². The topological polar surface area (TPSA) is 0 Å². The van der Waals surface area contributed by atoms with E-state index in [9.17, 15) is 0 Å². The van der Waals surface area contributed by atoms with E-state index in [-0.39, 0.29) is 0 Å². The van der Waals surface area contributed by atoms with E-state index in [1.807, 2.05) is 31.2 Å². The van der Waals surface area contributed by atoms with Crippen molar-refractivity contribution in [3.8, 4) is 0 Å². The van der Waals surface area contributed by atoms with E-state index in [2.05, 4.69) is 40.7 Å². The number of hydrogen-bond acceptors (Lipinski definition) is 0. The minimum absolute atomic E-state index is 1.10. The molecule has 0 saturated carbocycles. The van der Waals surface area contributed by atoms with Gasteiger partial charge < -0.3 is 0 Å². The molecular formula is C13H13Br. The number of benzene rings is 1. The van der Waals surface area contributed by atoms with Gasteiger partial charge in [-0.1, -0.05) is 58.9 Å². The summed E-state index contributed by atoms with van der Waals surface area (Å²) >= 11 is 3.41. The fourth-order valence-corrected chi connectivity index (χ4v) is 1.46. The molecule has 0 nitrogen and oxygen atoms in total. The first-order valence-electron chi connectivity index (χ1n) is 4.49. The van der Waals surface area contributed by atoms with Crippen molar-refractivity contribution in [2.45, 2.75) is 6.92 Å². The van der Waals surface area contributed by atoms with Crippen LogP contribution in [0, 0.1) is 0 Å². The van der Waals surface area contributed by atoms with Gasteiger partial charge in [0.1, 0.15) is 0 Å². The summed E-state index contributed by atoms with van der Waals surface area (Å²) in [5.74, 6) is 0. The summed E-state index contributed by atoms with van der Waals surface area (Å²) in [6.07, 6.45) is 7.91. The van der Waals surface area contributed by atoms with Crippen LogP contribution in [-0.2, 0) is 0 Å². The summed E-state index contributed by atoms with van der Waals surface area (Å²) in [6, 6.07) is 8.24. The normalized spacial score (nSPS) is 12.0. The SMILES string of the molecule is C=C/C=C(\C=C/C)c1ccc(Br)cc1. The van der Waals surface area contributed by atoms with Crippen LogP contribution in [0.25, 0.3) is 5.57 Å². The molecule has 0 amide bonds. The Balaban J connectivity index is 3.05. The average Bonchev–Trinajstić information content (AvgIpc) is 2.19. The highest BCUT2D eigenvalue weighted by Crippen LogP contribution is 2.19. The third-order valence-electron chi connectivity index (χ3n) is 1.82. The van der Waals surface area contributed by atoms with Crippen LogP contribution in [0.1, 0.15) is 12.5 Å². The molecule has 0 aliphatic rings. The molecule has 0 radical (unpaired) electrons. The van der Waals surface area contributed by atoms with Gasteiger partial charge >= 0.3 is 0 Å². The molecule has 0 N–H and O–H groups in total. The number of rotatable bonds is 3. The van der Waals surface area contributed by atoms with Gasteiger partial charge in [0.2, 0.25) is 0 Å². The maximum absolute atomic E-state index is 3.71. The van der Waals surface area contributed by atoms with Crippen LogP contribution in [0.3, 0.4) is 0 Å². The van der Waals surface area contributed by atoms with Gasteiger partial charge in [0.25, 0.3) is 0 Å². The summed E-state index contributed by atoms with van der Waals surface area (Å²) in [6.45, 7) is 5.72. The third-order valence-corrected chi connectivity index (χ3v) is 2.35. The van der Waals surface area contributed by atoms with Crippen molar-refractivity contribution in [1.82, 2.24) is 0 Å². The Morgan fingerprint density at radius 2 is 1.93 bits per heavy atom. The molecule has 1 aromatic rings. The number of allylic oxidation sites excluding steroid dienone is 5.